The average Bonchev–Trinajstić information content (AvgIpc) is 3.83. The van der Waals surface area contributed by atoms with Gasteiger partial charge in [-0.15, -0.1) is 11.8 Å². The summed E-state index contributed by atoms with van der Waals surface area (Å²) < 4.78 is 190. The highest BCUT2D eigenvalue weighted by Gasteiger charge is 2.53. The molecule has 1 aliphatic heterocycles. The molecular weight excluding hydrogens is 965 g/mol. The minimum absolute atomic E-state index is 0.00501. The predicted octanol–water partition coefficient (Wildman–Crippen LogP) is 8.96. The van der Waals surface area contributed by atoms with Crippen LogP contribution in [0.3, 0.4) is 0 Å². The molecule has 0 aromatic heterocycles. The van der Waals surface area contributed by atoms with Gasteiger partial charge < -0.3 is 30.7 Å². The van der Waals surface area contributed by atoms with Crippen LogP contribution in [0.2, 0.25) is 0 Å². The van der Waals surface area contributed by atoms with Crippen LogP contribution in [0.1, 0.15) is 106 Å². The number of sulfone groups is 1. The van der Waals surface area contributed by atoms with Crippen molar-refractivity contribution >= 4 is 39.5 Å². The van der Waals surface area contributed by atoms with Gasteiger partial charge in [0.05, 0.1) is 27.0 Å². The number of rotatable bonds is 11. The van der Waals surface area contributed by atoms with E-state index in [9.17, 15) is 75.5 Å². The lowest BCUT2D eigenvalue weighted by Gasteiger charge is -2.29. The molecule has 4 atom stereocenters. The highest BCUT2D eigenvalue weighted by atomic mass is 32.2. The van der Waals surface area contributed by atoms with Gasteiger partial charge in [0.1, 0.15) is 5.60 Å². The molecule has 0 spiro atoms. The fourth-order valence-electron chi connectivity index (χ4n) is 8.08. The number of benzene rings is 2. The molecule has 3 aliphatic rings. The summed E-state index contributed by atoms with van der Waals surface area (Å²) in [7, 11) is -3.94. The van der Waals surface area contributed by atoms with Gasteiger partial charge in [-0.3, -0.25) is 9.59 Å². The number of halogens is 12. The maximum atomic E-state index is 13.1. The van der Waals surface area contributed by atoms with E-state index >= 15 is 0 Å². The molecule has 2 saturated carbocycles. The molecule has 0 radical (unpaired) electrons. The van der Waals surface area contributed by atoms with Crippen LogP contribution >= 0.6 is 11.8 Å². The molecule has 1 heterocycles. The molecule has 4 N–H and O–H groups in total. The van der Waals surface area contributed by atoms with Crippen LogP contribution in [0.5, 0.6) is 0 Å². The highest BCUT2D eigenvalue weighted by Crippen LogP contribution is 2.42. The van der Waals surface area contributed by atoms with Crippen molar-refractivity contribution in [2.24, 2.45) is 0 Å². The largest absolute Gasteiger partial charge is 0.444 e. The maximum absolute atomic E-state index is 13.1. The topological polar surface area (TPSA) is 152 Å². The molecule has 25 heteroatoms. The molecule has 378 valence electrons. The lowest BCUT2D eigenvalue weighted by atomic mass is 10.0. The molecule has 5 rings (SSSR count). The summed E-state index contributed by atoms with van der Waals surface area (Å²) in [6, 6.07) is 1.71. The summed E-state index contributed by atoms with van der Waals surface area (Å²) in [6.07, 6.45) is -15.1. The molecular formula is C42H52F12N4O7S2. The number of carbonyl (C=O) groups excluding carboxylic acids is 3. The number of carbonyl (C=O) groups is 3. The quantitative estimate of drug-likeness (QED) is 0.162. The fraction of sp³-hybridized carbons (Fsp3) is 0.643. The van der Waals surface area contributed by atoms with E-state index in [1.165, 1.54) is 11.8 Å². The van der Waals surface area contributed by atoms with E-state index < -0.39 is 108 Å². The van der Waals surface area contributed by atoms with E-state index in [1.54, 1.807) is 27.0 Å². The Morgan fingerprint density at radius 3 is 1.49 bits per heavy atom. The van der Waals surface area contributed by atoms with E-state index in [4.69, 9.17) is 9.47 Å². The fourth-order valence-corrected chi connectivity index (χ4v) is 10.4. The summed E-state index contributed by atoms with van der Waals surface area (Å²) in [5.74, 6) is -1.45. The van der Waals surface area contributed by atoms with Crippen molar-refractivity contribution in [3.05, 3.63) is 69.8 Å². The van der Waals surface area contributed by atoms with Crippen molar-refractivity contribution in [1.82, 2.24) is 21.3 Å². The van der Waals surface area contributed by atoms with E-state index in [0.717, 1.165) is 19.1 Å². The van der Waals surface area contributed by atoms with E-state index in [0.29, 0.717) is 56.7 Å². The maximum Gasteiger partial charge on any atom is 0.416 e. The van der Waals surface area contributed by atoms with Gasteiger partial charge in [-0.1, -0.05) is 0 Å². The second-order valence-electron chi connectivity index (χ2n) is 17.7. The number of nitrogens with one attached hydrogen (secondary N) is 4. The van der Waals surface area contributed by atoms with Crippen molar-refractivity contribution in [2.75, 3.05) is 25.7 Å². The summed E-state index contributed by atoms with van der Waals surface area (Å²) in [5, 5.41) is 10.8. The second-order valence-corrected chi connectivity index (χ2v) is 21.3. The lowest BCUT2D eigenvalue weighted by molar-refractivity contribution is -0.144. The highest BCUT2D eigenvalue weighted by molar-refractivity contribution is 8.00. The van der Waals surface area contributed by atoms with Crippen LogP contribution in [0.4, 0.5) is 57.5 Å². The van der Waals surface area contributed by atoms with Gasteiger partial charge in [-0.2, -0.15) is 52.7 Å². The summed E-state index contributed by atoms with van der Waals surface area (Å²) in [5.41, 5.74) is -7.35. The Kier molecular flexibility index (Phi) is 17.4. The second kappa shape index (κ2) is 20.9. The summed E-state index contributed by atoms with van der Waals surface area (Å²) >= 11 is 1.22. The molecule has 3 amide bonds. The zero-order chi connectivity index (χ0) is 50.6. The van der Waals surface area contributed by atoms with E-state index in [-0.39, 0.29) is 55.1 Å². The van der Waals surface area contributed by atoms with E-state index in [2.05, 4.69) is 21.3 Å². The Morgan fingerprint density at radius 1 is 0.657 bits per heavy atom. The van der Waals surface area contributed by atoms with Crippen LogP contribution < -0.4 is 21.3 Å². The number of hydrogen-bond acceptors (Lipinski definition) is 9. The van der Waals surface area contributed by atoms with Crippen LogP contribution in [-0.2, 0) is 66.7 Å². The number of hydrogen-bond donors (Lipinski definition) is 4. The molecule has 1 saturated heterocycles. The van der Waals surface area contributed by atoms with Gasteiger partial charge in [0, 0.05) is 50.7 Å². The van der Waals surface area contributed by atoms with Crippen molar-refractivity contribution in [3.8, 4) is 0 Å². The molecule has 2 aromatic carbocycles. The predicted molar refractivity (Wildman–Crippen MR) is 222 cm³/mol. The van der Waals surface area contributed by atoms with Gasteiger partial charge in [-0.05, 0) is 126 Å². The molecule has 0 bridgehead atoms. The smallest absolute Gasteiger partial charge is 0.416 e. The number of alkyl carbamates (subject to hydrolysis) is 1. The molecule has 67 heavy (non-hydrogen) atoms. The molecule has 2 unspecified atom stereocenters. The van der Waals surface area contributed by atoms with Gasteiger partial charge in [0.2, 0.25) is 11.8 Å². The SMILES string of the molecule is CS(=O)(=O)C1(C(=O)NCc2cc(C(F)(F)F)cc(C(F)(F)F)c2)CC[C@@H](NC2CCOCC2)C1.CSC1(C(=O)NCc2cc(C(F)(F)F)cc(C(F)(F)F)c2)CC[C@@H](NC(=O)OC(C)(C)C)C1. The van der Waals surface area contributed by atoms with Crippen molar-refractivity contribution in [3.63, 3.8) is 0 Å². The van der Waals surface area contributed by atoms with Crippen LogP contribution in [0, 0.1) is 0 Å². The Hall–Kier alpha value is -3.97. The Labute approximate surface area is 383 Å². The van der Waals surface area contributed by atoms with Crippen molar-refractivity contribution in [2.45, 2.75) is 143 Å². The van der Waals surface area contributed by atoms with Gasteiger partial charge >= 0.3 is 30.8 Å². The Bertz CT molecular complexity index is 2130. The average molecular weight is 1020 g/mol. The monoisotopic (exact) mass is 1020 g/mol. The normalized spacial score (nSPS) is 23.2. The summed E-state index contributed by atoms with van der Waals surface area (Å²) in [6.45, 7) is 5.08. The van der Waals surface area contributed by atoms with E-state index in [1.807, 2.05) is 0 Å². The van der Waals surface area contributed by atoms with Crippen LogP contribution in [0.25, 0.3) is 0 Å². The van der Waals surface area contributed by atoms with Crippen molar-refractivity contribution < 1.29 is 85.0 Å². The minimum atomic E-state index is -5.03. The minimum Gasteiger partial charge on any atom is -0.444 e. The van der Waals surface area contributed by atoms with Gasteiger partial charge in [-0.25, -0.2) is 13.2 Å². The zero-order valence-corrected chi connectivity index (χ0v) is 38.5. The lowest BCUT2D eigenvalue weighted by Crippen LogP contribution is -2.51. The third kappa shape index (κ3) is 15.3. The Balaban J connectivity index is 0.000000293. The van der Waals surface area contributed by atoms with Crippen molar-refractivity contribution in [1.29, 1.82) is 0 Å². The van der Waals surface area contributed by atoms with Gasteiger partial charge in [0.15, 0.2) is 14.6 Å². The van der Waals surface area contributed by atoms with Crippen LogP contribution in [-0.4, -0.2) is 85.3 Å². The first kappa shape index (κ1) is 55.6. The molecule has 2 aliphatic carbocycles. The Morgan fingerprint density at radius 2 is 1.09 bits per heavy atom. The first-order valence-electron chi connectivity index (χ1n) is 20.8. The first-order chi connectivity index (χ1) is 30.6. The first-order valence-corrected chi connectivity index (χ1v) is 23.9. The number of amides is 3. The molecule has 3 fully saturated rings. The van der Waals surface area contributed by atoms with Gasteiger partial charge in [0.25, 0.3) is 0 Å². The third-order valence-electron chi connectivity index (χ3n) is 11.5. The number of ether oxygens (including phenoxy) is 2. The number of alkyl halides is 12. The zero-order valence-electron chi connectivity index (χ0n) is 36.9. The number of thioether (sulfide) groups is 1. The summed E-state index contributed by atoms with van der Waals surface area (Å²) in [4.78, 5) is 37.9. The standard InChI is InChI=1S/C21H26F6N2O4S.C21H26F6N2O3S/c1-34(31,32)19(5-2-17(11-19)29-16-3-6-33-7-4-16)18(30)28-12-13-8-14(20(22,23)24)10-15(9-13)21(25,26)27;1-18(2,3)32-17(31)29-15-5-6-19(10-15,33-4)16(30)28-11-12-7-13(20(22,23)24)9-14(8-12)21(25,26)27/h8-10,16-17,29H,2-7,11-12H2,1H3,(H,28,30);7-9,15H,5-6,10-11H2,1-4H3,(H,28,30)(H,29,31)/t17-,19?;15-,19?/m11/s1. The molecule has 11 nitrogen and oxygen atoms in total. The van der Waals surface area contributed by atoms with Crippen LogP contribution in [0.15, 0.2) is 36.4 Å². The molecule has 2 aromatic rings. The third-order valence-corrected chi connectivity index (χ3v) is 14.8.